The first-order valence-corrected chi connectivity index (χ1v) is 7.40. The third-order valence-electron chi connectivity index (χ3n) is 3.37. The molecule has 20 heavy (non-hydrogen) atoms. The van der Waals surface area contributed by atoms with Crippen molar-refractivity contribution in [1.29, 1.82) is 0 Å². The number of phenols is 1. The number of hydrogen-bond donors (Lipinski definition) is 1. The summed E-state index contributed by atoms with van der Waals surface area (Å²) in [6.07, 6.45) is 1.93. The molecule has 2 aromatic rings. The van der Waals surface area contributed by atoms with Gasteiger partial charge in [0.25, 0.3) is 5.91 Å². The van der Waals surface area contributed by atoms with Crippen LogP contribution in [0.1, 0.15) is 28.8 Å². The summed E-state index contributed by atoms with van der Waals surface area (Å²) in [7, 11) is 0. The van der Waals surface area contributed by atoms with Crippen LogP contribution in [0.2, 0.25) is 0 Å². The average Bonchev–Trinajstić information content (AvgIpc) is 3.15. The summed E-state index contributed by atoms with van der Waals surface area (Å²) >= 11 is 1.58. The van der Waals surface area contributed by atoms with Gasteiger partial charge < -0.3 is 10.0 Å². The van der Waals surface area contributed by atoms with Gasteiger partial charge in [-0.05, 0) is 53.4 Å². The van der Waals surface area contributed by atoms with Crippen molar-refractivity contribution in [3.05, 3.63) is 52.0 Å². The fourth-order valence-electron chi connectivity index (χ4n) is 2.17. The molecule has 0 aliphatic heterocycles. The van der Waals surface area contributed by atoms with Crippen molar-refractivity contribution >= 4 is 17.2 Å². The predicted molar refractivity (Wildman–Crippen MR) is 75.3 cm³/mol. The highest BCUT2D eigenvalue weighted by molar-refractivity contribution is 7.07. The van der Waals surface area contributed by atoms with E-state index in [1.54, 1.807) is 16.2 Å². The number of halogens is 1. The number of benzene rings is 1. The van der Waals surface area contributed by atoms with E-state index in [1.165, 1.54) is 6.07 Å². The largest absolute Gasteiger partial charge is 0.507 e. The van der Waals surface area contributed by atoms with Crippen LogP contribution in [-0.4, -0.2) is 22.0 Å². The second-order valence-corrected chi connectivity index (χ2v) is 5.74. The molecule has 1 aliphatic carbocycles. The van der Waals surface area contributed by atoms with Gasteiger partial charge in [0.15, 0.2) is 0 Å². The second-order valence-electron chi connectivity index (χ2n) is 4.96. The van der Waals surface area contributed by atoms with Crippen LogP contribution in [0, 0.1) is 5.82 Å². The molecule has 1 aromatic carbocycles. The van der Waals surface area contributed by atoms with E-state index in [2.05, 4.69) is 0 Å². The van der Waals surface area contributed by atoms with Crippen molar-refractivity contribution in [3.63, 3.8) is 0 Å². The van der Waals surface area contributed by atoms with Crippen LogP contribution in [0.25, 0.3) is 0 Å². The van der Waals surface area contributed by atoms with Gasteiger partial charge in [-0.2, -0.15) is 11.3 Å². The molecule has 0 saturated heterocycles. The molecule has 1 amide bonds. The van der Waals surface area contributed by atoms with Crippen LogP contribution in [0.5, 0.6) is 5.75 Å². The topological polar surface area (TPSA) is 40.5 Å². The van der Waals surface area contributed by atoms with E-state index in [0.717, 1.165) is 30.5 Å². The summed E-state index contributed by atoms with van der Waals surface area (Å²) < 4.78 is 13.3. The number of amides is 1. The van der Waals surface area contributed by atoms with Crippen LogP contribution in [0.4, 0.5) is 4.39 Å². The Morgan fingerprint density at radius 3 is 2.85 bits per heavy atom. The smallest absolute Gasteiger partial charge is 0.258 e. The molecule has 1 aliphatic rings. The summed E-state index contributed by atoms with van der Waals surface area (Å²) in [5.74, 6) is -1.000. The van der Waals surface area contributed by atoms with Crippen LogP contribution >= 0.6 is 11.3 Å². The first-order valence-electron chi connectivity index (χ1n) is 6.45. The summed E-state index contributed by atoms with van der Waals surface area (Å²) in [5.41, 5.74) is 1.10. The van der Waals surface area contributed by atoms with Crippen LogP contribution in [0.15, 0.2) is 35.0 Å². The molecular formula is C15H14FNO2S. The Labute approximate surface area is 120 Å². The van der Waals surface area contributed by atoms with Crippen LogP contribution in [0.3, 0.4) is 0 Å². The summed E-state index contributed by atoms with van der Waals surface area (Å²) in [4.78, 5) is 14.2. The van der Waals surface area contributed by atoms with Gasteiger partial charge in [0.05, 0.1) is 5.56 Å². The average molecular weight is 291 g/mol. The predicted octanol–water partition coefficient (Wildman–Crippen LogP) is 3.40. The lowest BCUT2D eigenvalue weighted by atomic mass is 10.1. The molecular weight excluding hydrogens is 277 g/mol. The summed E-state index contributed by atoms with van der Waals surface area (Å²) in [6, 6.07) is 5.63. The van der Waals surface area contributed by atoms with Crippen molar-refractivity contribution in [3.8, 4) is 5.75 Å². The lowest BCUT2D eigenvalue weighted by molar-refractivity contribution is 0.0726. The van der Waals surface area contributed by atoms with Gasteiger partial charge in [-0.1, -0.05) is 0 Å². The molecule has 0 bridgehead atoms. The zero-order valence-electron chi connectivity index (χ0n) is 10.8. The van der Waals surface area contributed by atoms with Gasteiger partial charge in [0.1, 0.15) is 11.6 Å². The fourth-order valence-corrected chi connectivity index (χ4v) is 2.83. The monoisotopic (exact) mass is 291 g/mol. The zero-order valence-corrected chi connectivity index (χ0v) is 11.6. The zero-order chi connectivity index (χ0) is 14.1. The van der Waals surface area contributed by atoms with Crippen molar-refractivity contribution in [2.75, 3.05) is 0 Å². The first-order chi connectivity index (χ1) is 9.65. The summed E-state index contributed by atoms with van der Waals surface area (Å²) in [5, 5.41) is 13.7. The SMILES string of the molecule is O=C(c1cc(F)ccc1O)N(Cc1ccsc1)C1CC1. The molecule has 0 radical (unpaired) electrons. The van der Waals surface area contributed by atoms with E-state index in [4.69, 9.17) is 0 Å². The van der Waals surface area contributed by atoms with E-state index in [0.29, 0.717) is 6.54 Å². The molecule has 1 heterocycles. The lowest BCUT2D eigenvalue weighted by Gasteiger charge is -2.22. The number of rotatable bonds is 4. The van der Waals surface area contributed by atoms with Crippen molar-refractivity contribution in [2.45, 2.75) is 25.4 Å². The first kappa shape index (κ1) is 13.1. The van der Waals surface area contributed by atoms with Gasteiger partial charge in [-0.25, -0.2) is 4.39 Å². The van der Waals surface area contributed by atoms with E-state index >= 15 is 0 Å². The number of aromatic hydroxyl groups is 1. The Kier molecular flexibility index (Phi) is 3.44. The number of phenolic OH excluding ortho intramolecular Hbond substituents is 1. The number of carbonyl (C=O) groups is 1. The van der Waals surface area contributed by atoms with Gasteiger partial charge >= 0.3 is 0 Å². The number of carbonyl (C=O) groups excluding carboxylic acids is 1. The Morgan fingerprint density at radius 2 is 2.20 bits per heavy atom. The highest BCUT2D eigenvalue weighted by Crippen LogP contribution is 2.32. The Bertz CT molecular complexity index is 623. The number of hydrogen-bond acceptors (Lipinski definition) is 3. The third-order valence-corrected chi connectivity index (χ3v) is 4.10. The molecule has 3 nitrogen and oxygen atoms in total. The third kappa shape index (κ3) is 2.67. The normalized spacial score (nSPS) is 14.2. The Hall–Kier alpha value is -1.88. The van der Waals surface area contributed by atoms with E-state index in [9.17, 15) is 14.3 Å². The van der Waals surface area contributed by atoms with E-state index in [-0.39, 0.29) is 23.3 Å². The number of thiophene rings is 1. The molecule has 5 heteroatoms. The molecule has 0 unspecified atom stereocenters. The molecule has 1 fully saturated rings. The van der Waals surface area contributed by atoms with Crippen molar-refractivity contribution in [2.24, 2.45) is 0 Å². The highest BCUT2D eigenvalue weighted by Gasteiger charge is 2.34. The van der Waals surface area contributed by atoms with Crippen LogP contribution < -0.4 is 0 Å². The molecule has 1 aromatic heterocycles. The molecule has 104 valence electrons. The maximum atomic E-state index is 13.3. The van der Waals surface area contributed by atoms with Crippen molar-refractivity contribution in [1.82, 2.24) is 4.90 Å². The van der Waals surface area contributed by atoms with E-state index < -0.39 is 5.82 Å². The standard InChI is InChI=1S/C15H14FNO2S/c16-11-1-4-14(18)13(7-11)15(19)17(12-2-3-12)8-10-5-6-20-9-10/h1,4-7,9,12,18H,2-3,8H2. The maximum absolute atomic E-state index is 13.3. The van der Waals surface area contributed by atoms with E-state index in [1.807, 2.05) is 16.8 Å². The maximum Gasteiger partial charge on any atom is 0.258 e. The molecule has 0 atom stereocenters. The lowest BCUT2D eigenvalue weighted by Crippen LogP contribution is -2.32. The highest BCUT2D eigenvalue weighted by atomic mass is 32.1. The molecule has 3 rings (SSSR count). The van der Waals surface area contributed by atoms with Gasteiger partial charge in [-0.3, -0.25) is 4.79 Å². The number of nitrogens with zero attached hydrogens (tertiary/aromatic N) is 1. The molecule has 1 N–H and O–H groups in total. The van der Waals surface area contributed by atoms with Gasteiger partial charge in [0.2, 0.25) is 0 Å². The Balaban J connectivity index is 1.87. The van der Waals surface area contributed by atoms with Crippen molar-refractivity contribution < 1.29 is 14.3 Å². The minimum absolute atomic E-state index is 0.0344. The fraction of sp³-hybridized carbons (Fsp3) is 0.267. The molecule has 0 spiro atoms. The minimum atomic E-state index is -0.516. The van der Waals surface area contributed by atoms with Gasteiger partial charge in [0, 0.05) is 12.6 Å². The van der Waals surface area contributed by atoms with Crippen LogP contribution in [-0.2, 0) is 6.54 Å². The Morgan fingerprint density at radius 1 is 1.40 bits per heavy atom. The molecule has 1 saturated carbocycles. The second kappa shape index (κ2) is 5.25. The summed E-state index contributed by atoms with van der Waals surface area (Å²) in [6.45, 7) is 0.503. The van der Waals surface area contributed by atoms with Gasteiger partial charge in [-0.15, -0.1) is 0 Å². The quantitative estimate of drug-likeness (QED) is 0.938. The minimum Gasteiger partial charge on any atom is -0.507 e.